The van der Waals surface area contributed by atoms with Gasteiger partial charge in [-0.15, -0.1) is 0 Å². The Balaban J connectivity index is 1.58. The molecule has 3 aromatic rings. The third-order valence-corrected chi connectivity index (χ3v) is 3.58. The zero-order valence-corrected chi connectivity index (χ0v) is 13.7. The molecule has 0 unspecified atom stereocenters. The van der Waals surface area contributed by atoms with Crippen molar-refractivity contribution in [2.75, 3.05) is 17.2 Å². The molecule has 1 heterocycles. The summed E-state index contributed by atoms with van der Waals surface area (Å²) in [6, 6.07) is 13.3. The van der Waals surface area contributed by atoms with Crippen LogP contribution in [0.2, 0.25) is 0 Å². The second-order valence-corrected chi connectivity index (χ2v) is 5.53. The van der Waals surface area contributed by atoms with E-state index in [9.17, 15) is 13.6 Å². The highest BCUT2D eigenvalue weighted by Gasteiger charge is 2.09. The fraction of sp³-hybridized carbons (Fsp3) is 0.105. The third-order valence-electron chi connectivity index (χ3n) is 3.58. The van der Waals surface area contributed by atoms with Gasteiger partial charge in [-0.2, -0.15) is 0 Å². The van der Waals surface area contributed by atoms with Gasteiger partial charge in [0, 0.05) is 18.4 Å². The number of rotatable bonds is 6. The summed E-state index contributed by atoms with van der Waals surface area (Å²) in [5.41, 5.74) is 1.48. The number of nitrogens with zero attached hydrogens (tertiary/aromatic N) is 2. The summed E-state index contributed by atoms with van der Waals surface area (Å²) in [4.78, 5) is 20.4. The number of halogens is 2. The summed E-state index contributed by atoms with van der Waals surface area (Å²) in [6.45, 7) is 0.528. The van der Waals surface area contributed by atoms with Crippen LogP contribution in [0.4, 0.5) is 20.4 Å². The molecule has 0 aliphatic heterocycles. The fourth-order valence-corrected chi connectivity index (χ4v) is 2.30. The van der Waals surface area contributed by atoms with E-state index < -0.39 is 11.7 Å². The summed E-state index contributed by atoms with van der Waals surface area (Å²) in [5, 5.41) is 5.60. The lowest BCUT2D eigenvalue weighted by Crippen LogP contribution is -2.16. The van der Waals surface area contributed by atoms with Crippen molar-refractivity contribution in [2.45, 2.75) is 6.42 Å². The van der Waals surface area contributed by atoms with E-state index in [1.807, 2.05) is 0 Å². The van der Waals surface area contributed by atoms with Crippen LogP contribution in [0.5, 0.6) is 0 Å². The number of benzene rings is 2. The van der Waals surface area contributed by atoms with Gasteiger partial charge in [0.2, 0.25) is 5.95 Å². The van der Waals surface area contributed by atoms with Crippen LogP contribution in [-0.2, 0) is 6.42 Å². The van der Waals surface area contributed by atoms with E-state index in [-0.39, 0.29) is 11.5 Å². The van der Waals surface area contributed by atoms with Gasteiger partial charge in [-0.25, -0.2) is 18.7 Å². The number of anilines is 2. The molecule has 0 atom stereocenters. The first-order valence-corrected chi connectivity index (χ1v) is 7.98. The van der Waals surface area contributed by atoms with E-state index in [4.69, 9.17) is 0 Å². The molecule has 26 heavy (non-hydrogen) atoms. The minimum atomic E-state index is -0.459. The maximum absolute atomic E-state index is 13.2. The van der Waals surface area contributed by atoms with Crippen molar-refractivity contribution in [1.29, 1.82) is 0 Å². The molecule has 0 saturated carbocycles. The number of nitrogens with one attached hydrogen (secondary N) is 2. The molecular formula is C19H16F2N4O. The number of carbonyl (C=O) groups excluding carboxylic acids is 1. The number of amides is 1. The molecular weight excluding hydrogens is 338 g/mol. The van der Waals surface area contributed by atoms with Crippen LogP contribution in [0.15, 0.2) is 60.8 Å². The first-order valence-electron chi connectivity index (χ1n) is 7.98. The molecule has 0 aliphatic carbocycles. The fourth-order valence-electron chi connectivity index (χ4n) is 2.30. The van der Waals surface area contributed by atoms with E-state index in [1.165, 1.54) is 42.6 Å². The van der Waals surface area contributed by atoms with Crippen LogP contribution in [0, 0.1) is 11.6 Å². The van der Waals surface area contributed by atoms with E-state index in [0.717, 1.165) is 5.56 Å². The van der Waals surface area contributed by atoms with E-state index in [1.54, 1.807) is 18.2 Å². The van der Waals surface area contributed by atoms with Crippen LogP contribution in [-0.4, -0.2) is 22.4 Å². The minimum Gasteiger partial charge on any atom is -0.354 e. The number of aromatic nitrogens is 2. The normalized spacial score (nSPS) is 10.4. The summed E-state index contributed by atoms with van der Waals surface area (Å²) >= 11 is 0. The van der Waals surface area contributed by atoms with Gasteiger partial charge in [0.25, 0.3) is 5.91 Å². The average Bonchev–Trinajstić information content (AvgIpc) is 2.64. The molecule has 0 saturated heterocycles. The van der Waals surface area contributed by atoms with Gasteiger partial charge in [0.05, 0.1) is 0 Å². The SMILES string of the molecule is O=C(Nc1cccc(F)c1)c1ccnc(NCCc2ccc(F)cc2)n1. The van der Waals surface area contributed by atoms with Crippen molar-refractivity contribution in [3.05, 3.63) is 83.7 Å². The number of carbonyl (C=O) groups is 1. The lowest BCUT2D eigenvalue weighted by molar-refractivity contribution is 0.102. The molecule has 2 aromatic carbocycles. The van der Waals surface area contributed by atoms with E-state index in [2.05, 4.69) is 20.6 Å². The zero-order valence-electron chi connectivity index (χ0n) is 13.7. The van der Waals surface area contributed by atoms with Crippen LogP contribution in [0.3, 0.4) is 0 Å². The number of hydrogen-bond donors (Lipinski definition) is 2. The second-order valence-electron chi connectivity index (χ2n) is 5.53. The first kappa shape index (κ1) is 17.5. The molecule has 0 aliphatic rings. The molecule has 0 spiro atoms. The first-order chi connectivity index (χ1) is 12.6. The molecule has 0 bridgehead atoms. The Morgan fingerprint density at radius 3 is 2.58 bits per heavy atom. The Kier molecular flexibility index (Phi) is 5.48. The smallest absolute Gasteiger partial charge is 0.274 e. The van der Waals surface area contributed by atoms with Crippen molar-refractivity contribution in [2.24, 2.45) is 0 Å². The monoisotopic (exact) mass is 354 g/mol. The highest BCUT2D eigenvalue weighted by molar-refractivity contribution is 6.02. The van der Waals surface area contributed by atoms with Crippen molar-refractivity contribution in [3.8, 4) is 0 Å². The molecule has 1 aromatic heterocycles. The molecule has 0 fully saturated rings. The van der Waals surface area contributed by atoms with Crippen LogP contribution >= 0.6 is 0 Å². The zero-order chi connectivity index (χ0) is 18.4. The maximum Gasteiger partial charge on any atom is 0.274 e. The van der Waals surface area contributed by atoms with Gasteiger partial charge in [0.1, 0.15) is 17.3 Å². The standard InChI is InChI=1S/C19H16F2N4O/c20-14-6-4-13(5-7-14)8-10-22-19-23-11-9-17(25-19)18(26)24-16-3-1-2-15(21)12-16/h1-7,9,11-12H,8,10H2,(H,24,26)(H,22,23,25). The van der Waals surface area contributed by atoms with Crippen molar-refractivity contribution >= 4 is 17.5 Å². The predicted octanol–water partition coefficient (Wildman–Crippen LogP) is 3.66. The lowest BCUT2D eigenvalue weighted by atomic mass is 10.1. The van der Waals surface area contributed by atoms with Crippen LogP contribution < -0.4 is 10.6 Å². The van der Waals surface area contributed by atoms with Gasteiger partial charge < -0.3 is 10.6 Å². The highest BCUT2D eigenvalue weighted by atomic mass is 19.1. The Bertz CT molecular complexity index is 900. The summed E-state index contributed by atoms with van der Waals surface area (Å²) in [6.07, 6.45) is 2.12. The van der Waals surface area contributed by atoms with Gasteiger partial charge in [-0.05, 0) is 48.4 Å². The summed E-state index contributed by atoms with van der Waals surface area (Å²) < 4.78 is 26.1. The lowest BCUT2D eigenvalue weighted by Gasteiger charge is -2.08. The summed E-state index contributed by atoms with van der Waals surface area (Å²) in [7, 11) is 0. The van der Waals surface area contributed by atoms with Gasteiger partial charge in [0.15, 0.2) is 0 Å². The van der Waals surface area contributed by atoms with Crippen molar-refractivity contribution < 1.29 is 13.6 Å². The molecule has 3 rings (SSSR count). The van der Waals surface area contributed by atoms with Gasteiger partial charge in [-0.3, -0.25) is 4.79 Å². The summed E-state index contributed by atoms with van der Waals surface area (Å²) in [5.74, 6) is -0.866. The topological polar surface area (TPSA) is 66.9 Å². The van der Waals surface area contributed by atoms with E-state index >= 15 is 0 Å². The minimum absolute atomic E-state index is 0.161. The van der Waals surface area contributed by atoms with Gasteiger partial charge >= 0.3 is 0 Å². The largest absolute Gasteiger partial charge is 0.354 e. The third kappa shape index (κ3) is 4.83. The van der Waals surface area contributed by atoms with E-state index in [0.29, 0.717) is 24.6 Å². The molecule has 5 nitrogen and oxygen atoms in total. The molecule has 132 valence electrons. The average molecular weight is 354 g/mol. The highest BCUT2D eigenvalue weighted by Crippen LogP contribution is 2.11. The Morgan fingerprint density at radius 1 is 1.00 bits per heavy atom. The molecule has 2 N–H and O–H groups in total. The Morgan fingerprint density at radius 2 is 1.81 bits per heavy atom. The Hall–Kier alpha value is -3.35. The molecule has 0 radical (unpaired) electrons. The Labute approximate surface area is 149 Å². The predicted molar refractivity (Wildman–Crippen MR) is 95.0 cm³/mol. The quantitative estimate of drug-likeness (QED) is 0.709. The maximum atomic E-state index is 13.2. The molecule has 1 amide bonds. The van der Waals surface area contributed by atoms with Crippen molar-refractivity contribution in [3.63, 3.8) is 0 Å². The molecule has 7 heteroatoms. The number of hydrogen-bond acceptors (Lipinski definition) is 4. The van der Waals surface area contributed by atoms with Crippen LogP contribution in [0.25, 0.3) is 0 Å². The van der Waals surface area contributed by atoms with Crippen LogP contribution in [0.1, 0.15) is 16.1 Å². The second kappa shape index (κ2) is 8.15. The van der Waals surface area contributed by atoms with Crippen molar-refractivity contribution in [1.82, 2.24) is 9.97 Å². The van der Waals surface area contributed by atoms with Gasteiger partial charge in [-0.1, -0.05) is 18.2 Å².